The number of nitrogens with zero attached hydrogens (tertiary/aromatic N) is 3. The van der Waals surface area contributed by atoms with Crippen molar-refractivity contribution >= 4 is 21.7 Å². The lowest BCUT2D eigenvalue weighted by atomic mass is 10.1. The summed E-state index contributed by atoms with van der Waals surface area (Å²) in [6.07, 6.45) is 2.35. The lowest BCUT2D eigenvalue weighted by molar-refractivity contribution is -0.137. The second-order valence-electron chi connectivity index (χ2n) is 7.56. The van der Waals surface area contributed by atoms with E-state index < -0.39 is 15.8 Å². The van der Waals surface area contributed by atoms with E-state index in [1.165, 1.54) is 0 Å². The molecule has 3 saturated heterocycles. The second kappa shape index (κ2) is 6.37. The largest absolute Gasteiger partial charge is 0.359 e. The topological polar surface area (TPSA) is 101 Å². The summed E-state index contributed by atoms with van der Waals surface area (Å²) < 4.78 is 28.8. The number of carbonyl (C=O) groups is 2. The summed E-state index contributed by atoms with van der Waals surface area (Å²) in [7, 11) is -3.06. The molecule has 0 spiro atoms. The van der Waals surface area contributed by atoms with Gasteiger partial charge in [0, 0.05) is 31.6 Å². The van der Waals surface area contributed by atoms with Gasteiger partial charge in [-0.3, -0.25) is 9.59 Å². The highest BCUT2D eigenvalue weighted by Crippen LogP contribution is 2.35. The fraction of sp³-hybridized carbons (Fsp3) is 0.706. The van der Waals surface area contributed by atoms with Crippen LogP contribution in [-0.2, 0) is 19.4 Å². The number of aromatic nitrogens is 1. The van der Waals surface area contributed by atoms with Gasteiger partial charge in [0.05, 0.1) is 29.2 Å². The highest BCUT2D eigenvalue weighted by molar-refractivity contribution is 7.91. The summed E-state index contributed by atoms with van der Waals surface area (Å²) in [5.74, 6) is 0.268. The molecule has 0 aromatic carbocycles. The van der Waals surface area contributed by atoms with E-state index in [9.17, 15) is 18.0 Å². The molecule has 0 N–H and O–H groups in total. The van der Waals surface area contributed by atoms with Gasteiger partial charge < -0.3 is 14.3 Å². The summed E-state index contributed by atoms with van der Waals surface area (Å²) >= 11 is 0. The smallest absolute Gasteiger partial charge is 0.228 e. The van der Waals surface area contributed by atoms with E-state index in [0.717, 1.165) is 18.5 Å². The van der Waals surface area contributed by atoms with E-state index in [-0.39, 0.29) is 41.8 Å². The predicted octanol–water partition coefficient (Wildman–Crippen LogP) is 0.682. The van der Waals surface area contributed by atoms with Crippen LogP contribution in [0.2, 0.25) is 0 Å². The van der Waals surface area contributed by atoms with Gasteiger partial charge in [-0.25, -0.2) is 8.42 Å². The molecule has 0 radical (unpaired) electrons. The van der Waals surface area contributed by atoms with Crippen LogP contribution in [0.1, 0.15) is 43.2 Å². The molecule has 0 saturated carbocycles. The molecule has 0 aliphatic carbocycles. The molecule has 4 heterocycles. The van der Waals surface area contributed by atoms with E-state index >= 15 is 0 Å². The minimum atomic E-state index is -3.06. The molecule has 1 aromatic rings. The van der Waals surface area contributed by atoms with Crippen LogP contribution in [0.3, 0.4) is 0 Å². The van der Waals surface area contributed by atoms with E-state index in [1.807, 2.05) is 13.0 Å². The van der Waals surface area contributed by atoms with E-state index in [4.69, 9.17) is 4.52 Å². The zero-order valence-electron chi connectivity index (χ0n) is 14.8. The number of likely N-dealkylation sites (tertiary alicyclic amines) is 2. The van der Waals surface area contributed by atoms with Gasteiger partial charge in [0.2, 0.25) is 11.8 Å². The third-order valence-corrected chi connectivity index (χ3v) is 7.42. The average molecular weight is 381 g/mol. The van der Waals surface area contributed by atoms with Gasteiger partial charge in [-0.1, -0.05) is 5.16 Å². The van der Waals surface area contributed by atoms with Crippen LogP contribution < -0.4 is 0 Å². The Morgan fingerprint density at radius 1 is 1.35 bits per heavy atom. The molecule has 26 heavy (non-hydrogen) atoms. The van der Waals surface area contributed by atoms with Gasteiger partial charge in [0.25, 0.3) is 0 Å². The minimum absolute atomic E-state index is 0.0172. The summed E-state index contributed by atoms with van der Waals surface area (Å²) in [5.41, 5.74) is 0.781. The molecule has 142 valence electrons. The van der Waals surface area contributed by atoms with Crippen molar-refractivity contribution in [1.82, 2.24) is 15.0 Å². The van der Waals surface area contributed by atoms with Crippen molar-refractivity contribution < 1.29 is 22.5 Å². The second-order valence-corrected chi connectivity index (χ2v) is 9.79. The molecule has 4 rings (SSSR count). The van der Waals surface area contributed by atoms with Gasteiger partial charge in [-0.05, 0) is 26.2 Å². The van der Waals surface area contributed by atoms with Crippen LogP contribution in [0, 0.1) is 12.8 Å². The van der Waals surface area contributed by atoms with Crippen LogP contribution in [0.4, 0.5) is 0 Å². The Morgan fingerprint density at radius 3 is 2.81 bits per heavy atom. The fourth-order valence-electron chi connectivity index (χ4n) is 4.37. The number of carbonyl (C=O) groups excluding carboxylic acids is 2. The number of rotatable bonds is 3. The van der Waals surface area contributed by atoms with Gasteiger partial charge in [0.1, 0.15) is 0 Å². The number of aryl methyl sites for hydroxylation is 1. The lowest BCUT2D eigenvalue weighted by Gasteiger charge is -2.27. The summed E-state index contributed by atoms with van der Waals surface area (Å²) in [5, 5.41) is 3.91. The monoisotopic (exact) mass is 381 g/mol. The molecule has 9 heteroatoms. The van der Waals surface area contributed by atoms with Crippen molar-refractivity contribution in [2.45, 2.75) is 44.7 Å². The maximum atomic E-state index is 13.0. The van der Waals surface area contributed by atoms with Gasteiger partial charge in [0.15, 0.2) is 15.6 Å². The highest BCUT2D eigenvalue weighted by atomic mass is 32.2. The Kier molecular flexibility index (Phi) is 4.29. The van der Waals surface area contributed by atoms with Crippen LogP contribution in [-0.4, -0.2) is 65.8 Å². The molecule has 3 aliphatic heterocycles. The van der Waals surface area contributed by atoms with Crippen molar-refractivity contribution in [1.29, 1.82) is 0 Å². The van der Waals surface area contributed by atoms with Gasteiger partial charge in [-0.2, -0.15) is 0 Å². The maximum absolute atomic E-state index is 13.0. The van der Waals surface area contributed by atoms with E-state index in [2.05, 4.69) is 5.16 Å². The van der Waals surface area contributed by atoms with Crippen molar-refractivity contribution in [2.75, 3.05) is 24.6 Å². The summed E-state index contributed by atoms with van der Waals surface area (Å²) in [6, 6.07) is 1.45. The van der Waals surface area contributed by atoms with Crippen LogP contribution in [0.15, 0.2) is 10.6 Å². The quantitative estimate of drug-likeness (QED) is 0.763. The zero-order valence-corrected chi connectivity index (χ0v) is 15.6. The van der Waals surface area contributed by atoms with Crippen molar-refractivity contribution in [3.63, 3.8) is 0 Å². The molecular weight excluding hydrogens is 358 g/mol. The fourth-order valence-corrected chi connectivity index (χ4v) is 6.10. The van der Waals surface area contributed by atoms with Gasteiger partial charge in [-0.15, -0.1) is 0 Å². The molecular formula is C17H23N3O5S. The number of hydrogen-bond acceptors (Lipinski definition) is 6. The maximum Gasteiger partial charge on any atom is 0.228 e. The molecule has 3 aliphatic rings. The first kappa shape index (κ1) is 17.5. The average Bonchev–Trinajstić information content (AvgIpc) is 3.32. The number of amides is 2. The number of hydrogen-bond donors (Lipinski definition) is 0. The molecule has 2 amide bonds. The Balaban J connectivity index is 1.46. The Morgan fingerprint density at radius 2 is 2.15 bits per heavy atom. The zero-order chi connectivity index (χ0) is 18.5. The van der Waals surface area contributed by atoms with Crippen molar-refractivity contribution in [2.24, 2.45) is 5.92 Å². The highest BCUT2D eigenvalue weighted by Gasteiger charge is 2.44. The Hall–Kier alpha value is -1.90. The molecule has 0 bridgehead atoms. The van der Waals surface area contributed by atoms with Crippen LogP contribution in [0.25, 0.3) is 0 Å². The van der Waals surface area contributed by atoms with Crippen molar-refractivity contribution in [3.05, 3.63) is 17.5 Å². The van der Waals surface area contributed by atoms with E-state index in [1.54, 1.807) is 9.80 Å². The molecule has 3 atom stereocenters. The lowest BCUT2D eigenvalue weighted by Crippen LogP contribution is -2.40. The Labute approximate surface area is 152 Å². The first-order valence-electron chi connectivity index (χ1n) is 9.07. The van der Waals surface area contributed by atoms with Gasteiger partial charge >= 0.3 is 0 Å². The molecule has 1 aromatic heterocycles. The summed E-state index contributed by atoms with van der Waals surface area (Å²) in [6.45, 7) is 2.81. The van der Waals surface area contributed by atoms with E-state index in [0.29, 0.717) is 25.3 Å². The van der Waals surface area contributed by atoms with Crippen molar-refractivity contribution in [3.8, 4) is 0 Å². The first-order chi connectivity index (χ1) is 12.3. The third-order valence-electron chi connectivity index (χ3n) is 5.67. The first-order valence-corrected chi connectivity index (χ1v) is 10.9. The minimum Gasteiger partial charge on any atom is -0.359 e. The molecule has 0 unspecified atom stereocenters. The Bertz CT molecular complexity index is 833. The normalized spacial score (nSPS) is 31.1. The standard InChI is InChI=1S/C17H23N3O5S/c1-11-7-15(25-18-11)14-3-2-5-19(14)17(22)12-8-16(21)20(9-12)13-4-6-26(23,24)10-13/h7,12-14H,2-6,8-10H2,1H3/t12-,13+,14+/m1/s1. The SMILES string of the molecule is Cc1cc([C@@H]2CCCN2C(=O)[C@@H]2CC(=O)N([C@H]3CCS(=O)(=O)C3)C2)on1. The third kappa shape index (κ3) is 3.13. The number of sulfone groups is 1. The van der Waals surface area contributed by atoms with Crippen LogP contribution >= 0.6 is 0 Å². The predicted molar refractivity (Wildman–Crippen MR) is 91.8 cm³/mol. The molecule has 3 fully saturated rings. The van der Waals surface area contributed by atoms with Crippen LogP contribution in [0.5, 0.6) is 0 Å². The molecule has 8 nitrogen and oxygen atoms in total. The summed E-state index contributed by atoms with van der Waals surface area (Å²) in [4.78, 5) is 28.8.